The van der Waals surface area contributed by atoms with Crippen LogP contribution in [0.3, 0.4) is 0 Å². The quantitative estimate of drug-likeness (QED) is 0.681. The largest absolute Gasteiger partial charge is 0.462 e. The number of alkyl halides is 3. The van der Waals surface area contributed by atoms with Gasteiger partial charge in [-0.25, -0.2) is 4.79 Å². The maximum Gasteiger partial charge on any atom is 0.341 e. The van der Waals surface area contributed by atoms with Crippen molar-refractivity contribution in [3.05, 3.63) is 16.5 Å². The van der Waals surface area contributed by atoms with Gasteiger partial charge >= 0.3 is 5.97 Å². The highest BCUT2D eigenvalue weighted by atomic mass is 35.6. The lowest BCUT2D eigenvalue weighted by Gasteiger charge is -2.11. The Labute approximate surface area is 123 Å². The monoisotopic (exact) mass is 329 g/mol. The minimum absolute atomic E-state index is 0.242. The number of hydrogen-bond donors (Lipinski definition) is 1. The molecule has 0 aliphatic carbocycles. The summed E-state index contributed by atoms with van der Waals surface area (Å²) in [6.45, 7) is 3.67. The minimum atomic E-state index is -2.08. The van der Waals surface area contributed by atoms with Gasteiger partial charge in [0, 0.05) is 0 Å². The van der Waals surface area contributed by atoms with Crippen LogP contribution in [0.1, 0.15) is 22.8 Å². The first-order chi connectivity index (χ1) is 8.27. The highest BCUT2D eigenvalue weighted by Crippen LogP contribution is 2.32. The zero-order valence-electron chi connectivity index (χ0n) is 9.55. The molecule has 1 aromatic heterocycles. The van der Waals surface area contributed by atoms with Gasteiger partial charge in [0.25, 0.3) is 9.70 Å². The molecule has 0 aliphatic heterocycles. The van der Waals surface area contributed by atoms with Crippen molar-refractivity contribution in [3.8, 4) is 0 Å². The molecule has 100 valence electrons. The summed E-state index contributed by atoms with van der Waals surface area (Å²) in [7, 11) is 0. The maximum absolute atomic E-state index is 11.7. The molecule has 0 unspecified atom stereocenters. The van der Waals surface area contributed by atoms with Gasteiger partial charge in [-0.15, -0.1) is 11.3 Å². The number of halogens is 3. The Balaban J connectivity index is 2.98. The number of hydrogen-bond acceptors (Lipinski definition) is 4. The molecule has 0 saturated heterocycles. The molecule has 0 fully saturated rings. The lowest BCUT2D eigenvalue weighted by atomic mass is 10.2. The van der Waals surface area contributed by atoms with Crippen LogP contribution in [-0.2, 0) is 9.53 Å². The molecule has 18 heavy (non-hydrogen) atoms. The molecule has 1 N–H and O–H groups in total. The van der Waals surface area contributed by atoms with E-state index in [-0.39, 0.29) is 12.2 Å². The molecule has 0 aliphatic rings. The average molecular weight is 331 g/mol. The van der Waals surface area contributed by atoms with Gasteiger partial charge in [-0.05, 0) is 24.8 Å². The zero-order valence-corrected chi connectivity index (χ0v) is 12.6. The van der Waals surface area contributed by atoms with Crippen LogP contribution in [0, 0.1) is 6.92 Å². The van der Waals surface area contributed by atoms with Crippen molar-refractivity contribution in [3.63, 3.8) is 0 Å². The molecule has 1 aromatic rings. The van der Waals surface area contributed by atoms with E-state index in [0.717, 1.165) is 0 Å². The van der Waals surface area contributed by atoms with Crippen LogP contribution < -0.4 is 5.32 Å². The summed E-state index contributed by atoms with van der Waals surface area (Å²) in [4.78, 5) is 23.2. The second-order valence-electron chi connectivity index (χ2n) is 3.30. The normalized spacial score (nSPS) is 11.2. The van der Waals surface area contributed by atoms with E-state index in [1.54, 1.807) is 19.2 Å². The Morgan fingerprint density at radius 2 is 2.06 bits per heavy atom. The summed E-state index contributed by atoms with van der Waals surface area (Å²) in [6.07, 6.45) is 0. The third kappa shape index (κ3) is 3.75. The second-order valence-corrected chi connectivity index (χ2v) is 6.46. The first kappa shape index (κ1) is 15.6. The number of nitrogens with one attached hydrogen (secondary N) is 1. The van der Waals surface area contributed by atoms with Crippen LogP contribution in [0.4, 0.5) is 5.00 Å². The summed E-state index contributed by atoms with van der Waals surface area (Å²) in [5.74, 6) is -1.34. The van der Waals surface area contributed by atoms with Crippen LogP contribution in [0.25, 0.3) is 0 Å². The van der Waals surface area contributed by atoms with Crippen molar-refractivity contribution in [2.75, 3.05) is 11.9 Å². The number of carbonyl (C=O) groups excluding carboxylic acids is 2. The minimum Gasteiger partial charge on any atom is -0.462 e. The fraction of sp³-hybridized carbons (Fsp3) is 0.400. The summed E-state index contributed by atoms with van der Waals surface area (Å²) in [5.41, 5.74) is 0.975. The number of thiophene rings is 1. The van der Waals surface area contributed by atoms with Crippen LogP contribution in [0.5, 0.6) is 0 Å². The van der Waals surface area contributed by atoms with E-state index < -0.39 is 15.7 Å². The number of carbonyl (C=O) groups is 2. The van der Waals surface area contributed by atoms with Gasteiger partial charge in [-0.1, -0.05) is 34.8 Å². The standard InChI is InChI=1S/C10H10Cl3NO3S/c1-3-17-8(15)6-5(2)4-18-7(6)14-9(16)10(11,12)13/h4H,3H2,1-2H3,(H,14,16). The molecule has 8 heteroatoms. The SMILES string of the molecule is CCOC(=O)c1c(C)csc1NC(=O)C(Cl)(Cl)Cl. The van der Waals surface area contributed by atoms with Crippen molar-refractivity contribution in [1.29, 1.82) is 0 Å². The number of anilines is 1. The molecular formula is C10H10Cl3NO3S. The van der Waals surface area contributed by atoms with Gasteiger partial charge in [0.1, 0.15) is 5.00 Å². The van der Waals surface area contributed by atoms with Crippen LogP contribution >= 0.6 is 46.1 Å². The van der Waals surface area contributed by atoms with E-state index >= 15 is 0 Å². The third-order valence-corrected chi connectivity index (χ3v) is 3.47. The number of rotatable bonds is 3. The van der Waals surface area contributed by atoms with E-state index in [4.69, 9.17) is 39.5 Å². The zero-order chi connectivity index (χ0) is 13.9. The van der Waals surface area contributed by atoms with Gasteiger partial charge < -0.3 is 10.1 Å². The Morgan fingerprint density at radius 1 is 1.44 bits per heavy atom. The lowest BCUT2D eigenvalue weighted by molar-refractivity contribution is -0.115. The average Bonchev–Trinajstić information content (AvgIpc) is 2.58. The Bertz CT molecular complexity index is 467. The molecule has 1 heterocycles. The molecule has 0 saturated carbocycles. The van der Waals surface area contributed by atoms with Gasteiger partial charge in [0.15, 0.2) is 0 Å². The van der Waals surface area contributed by atoms with Crippen LogP contribution in [0.15, 0.2) is 5.38 Å². The fourth-order valence-corrected chi connectivity index (χ4v) is 2.24. The molecule has 1 amide bonds. The van der Waals surface area contributed by atoms with Crippen molar-refractivity contribution < 1.29 is 14.3 Å². The molecule has 1 rings (SSSR count). The summed E-state index contributed by atoms with van der Waals surface area (Å²) < 4.78 is 2.81. The van der Waals surface area contributed by atoms with Gasteiger partial charge in [0.05, 0.1) is 12.2 Å². The van der Waals surface area contributed by atoms with Crippen molar-refractivity contribution in [2.24, 2.45) is 0 Å². The van der Waals surface area contributed by atoms with Gasteiger partial charge in [-0.3, -0.25) is 4.79 Å². The topological polar surface area (TPSA) is 55.4 Å². The molecule has 0 atom stereocenters. The van der Waals surface area contributed by atoms with E-state index in [9.17, 15) is 9.59 Å². The summed E-state index contributed by atoms with van der Waals surface area (Å²) >= 11 is 17.5. The number of esters is 1. The highest BCUT2D eigenvalue weighted by Gasteiger charge is 2.32. The fourth-order valence-electron chi connectivity index (χ4n) is 1.17. The molecule has 0 spiro atoms. The Hall–Kier alpha value is -0.490. The van der Waals surface area contributed by atoms with Crippen LogP contribution in [0.2, 0.25) is 0 Å². The summed E-state index contributed by atoms with van der Waals surface area (Å²) in [5, 5.41) is 4.41. The number of ether oxygens (including phenoxy) is 1. The Kier molecular flexibility index (Phi) is 5.28. The third-order valence-electron chi connectivity index (χ3n) is 1.94. The van der Waals surface area contributed by atoms with Crippen molar-refractivity contribution in [2.45, 2.75) is 17.6 Å². The molecular weight excluding hydrogens is 321 g/mol. The lowest BCUT2D eigenvalue weighted by Crippen LogP contribution is -2.27. The Morgan fingerprint density at radius 3 is 2.56 bits per heavy atom. The van der Waals surface area contributed by atoms with Crippen molar-refractivity contribution in [1.82, 2.24) is 0 Å². The van der Waals surface area contributed by atoms with Gasteiger partial charge in [0.2, 0.25) is 0 Å². The predicted molar refractivity (Wildman–Crippen MR) is 73.9 cm³/mol. The predicted octanol–water partition coefficient (Wildman–Crippen LogP) is 3.54. The first-order valence-electron chi connectivity index (χ1n) is 4.90. The van der Waals surface area contributed by atoms with Gasteiger partial charge in [-0.2, -0.15) is 0 Å². The summed E-state index contributed by atoms with van der Waals surface area (Å²) in [6, 6.07) is 0. The van der Waals surface area contributed by atoms with E-state index in [1.807, 2.05) is 0 Å². The number of aryl methyl sites for hydroxylation is 1. The second kappa shape index (κ2) is 6.10. The smallest absolute Gasteiger partial charge is 0.341 e. The van der Waals surface area contributed by atoms with E-state index in [0.29, 0.717) is 10.6 Å². The highest BCUT2D eigenvalue weighted by molar-refractivity contribution is 7.15. The maximum atomic E-state index is 11.7. The molecule has 0 bridgehead atoms. The molecule has 0 aromatic carbocycles. The van der Waals surface area contributed by atoms with Crippen LogP contribution in [-0.4, -0.2) is 22.3 Å². The van der Waals surface area contributed by atoms with E-state index in [1.165, 1.54) is 11.3 Å². The molecule has 4 nitrogen and oxygen atoms in total. The van der Waals surface area contributed by atoms with Crippen molar-refractivity contribution >= 4 is 63.0 Å². The van der Waals surface area contributed by atoms with E-state index in [2.05, 4.69) is 5.32 Å². The molecule has 0 radical (unpaired) electrons. The number of amides is 1. The first-order valence-corrected chi connectivity index (χ1v) is 6.92.